The molecule has 1 aliphatic heterocycles. The summed E-state index contributed by atoms with van der Waals surface area (Å²) in [7, 11) is 0. The first kappa shape index (κ1) is 15.2. The van der Waals surface area contributed by atoms with E-state index in [4.69, 9.17) is 11.6 Å². The molecule has 1 N–H and O–H groups in total. The first-order valence-corrected chi connectivity index (χ1v) is 8.89. The van der Waals surface area contributed by atoms with Crippen molar-refractivity contribution in [2.45, 2.75) is 0 Å². The number of hydrogen-bond acceptors (Lipinski definition) is 1. The smallest absolute Gasteiger partial charge is 0.0709 e. The van der Waals surface area contributed by atoms with Crippen LogP contribution in [-0.4, -0.2) is 11.2 Å². The maximum Gasteiger partial charge on any atom is 0.0709 e. The average molecular weight is 355 g/mol. The minimum atomic E-state index is 0.726. The monoisotopic (exact) mass is 354 g/mol. The van der Waals surface area contributed by atoms with Crippen molar-refractivity contribution in [1.29, 1.82) is 0 Å². The summed E-state index contributed by atoms with van der Waals surface area (Å²) in [5, 5.41) is 1.91. The molecule has 0 unspecified atom stereocenters. The molecule has 0 bridgehead atoms. The van der Waals surface area contributed by atoms with Crippen molar-refractivity contribution >= 4 is 45.6 Å². The maximum atomic E-state index is 6.31. The SMILES string of the molecule is Clc1cccc(C(=C2C=Nc3ccccc32)c2c[nH]c3ccccc23)c1. The molecule has 3 aromatic carbocycles. The van der Waals surface area contributed by atoms with E-state index < -0.39 is 0 Å². The molecule has 2 heterocycles. The number of nitrogens with zero attached hydrogens (tertiary/aromatic N) is 1. The quantitative estimate of drug-likeness (QED) is 0.426. The van der Waals surface area contributed by atoms with Gasteiger partial charge in [-0.05, 0) is 29.8 Å². The highest BCUT2D eigenvalue weighted by molar-refractivity contribution is 6.31. The molecule has 2 nitrogen and oxygen atoms in total. The lowest BCUT2D eigenvalue weighted by atomic mass is 9.90. The largest absolute Gasteiger partial charge is 0.361 e. The van der Waals surface area contributed by atoms with Crippen molar-refractivity contribution in [3.05, 3.63) is 101 Å². The van der Waals surface area contributed by atoms with Crippen molar-refractivity contribution in [2.24, 2.45) is 4.99 Å². The van der Waals surface area contributed by atoms with Gasteiger partial charge in [0.2, 0.25) is 0 Å². The number of nitrogens with one attached hydrogen (secondary N) is 1. The summed E-state index contributed by atoms with van der Waals surface area (Å²) in [6, 6.07) is 24.6. The highest BCUT2D eigenvalue weighted by Crippen LogP contribution is 2.41. The molecule has 124 valence electrons. The Bertz CT molecular complexity index is 1200. The lowest BCUT2D eigenvalue weighted by molar-refractivity contribution is 1.46. The second kappa shape index (κ2) is 6.01. The number of aliphatic imine (C=N–C) groups is 1. The summed E-state index contributed by atoms with van der Waals surface area (Å²) >= 11 is 6.31. The molecule has 0 aliphatic carbocycles. The third-order valence-corrected chi connectivity index (χ3v) is 5.00. The van der Waals surface area contributed by atoms with Gasteiger partial charge in [0.15, 0.2) is 0 Å². The fourth-order valence-corrected chi connectivity index (χ4v) is 3.79. The van der Waals surface area contributed by atoms with Gasteiger partial charge in [-0.15, -0.1) is 0 Å². The highest BCUT2D eigenvalue weighted by atomic mass is 35.5. The van der Waals surface area contributed by atoms with E-state index in [1.807, 2.05) is 42.6 Å². The summed E-state index contributed by atoms with van der Waals surface area (Å²) in [5.74, 6) is 0. The Kier molecular flexibility index (Phi) is 3.51. The zero-order valence-electron chi connectivity index (χ0n) is 13.9. The zero-order chi connectivity index (χ0) is 17.5. The van der Waals surface area contributed by atoms with E-state index in [0.29, 0.717) is 0 Å². The number of fused-ring (bicyclic) bond motifs is 2. The van der Waals surface area contributed by atoms with Crippen LogP contribution in [0.15, 0.2) is 84.0 Å². The summed E-state index contributed by atoms with van der Waals surface area (Å²) in [6.07, 6.45) is 4.03. The first-order valence-electron chi connectivity index (χ1n) is 8.51. The van der Waals surface area contributed by atoms with Crippen LogP contribution in [0.25, 0.3) is 22.0 Å². The van der Waals surface area contributed by atoms with E-state index in [9.17, 15) is 0 Å². The van der Waals surface area contributed by atoms with Gasteiger partial charge in [-0.1, -0.05) is 60.1 Å². The minimum Gasteiger partial charge on any atom is -0.361 e. The molecule has 3 heteroatoms. The highest BCUT2D eigenvalue weighted by Gasteiger charge is 2.20. The van der Waals surface area contributed by atoms with Gasteiger partial charge in [0.1, 0.15) is 0 Å². The summed E-state index contributed by atoms with van der Waals surface area (Å²) in [5.41, 5.74) is 7.76. The third-order valence-electron chi connectivity index (χ3n) is 4.77. The molecule has 0 atom stereocenters. The molecule has 0 fully saturated rings. The standard InChI is InChI=1S/C23H15ClN2/c24-16-7-5-6-15(12-16)23(19-13-25-21-10-3-1-8-17(19)21)20-14-26-22-11-4-2-9-18(20)22/h1-14,25H. The van der Waals surface area contributed by atoms with Crippen molar-refractivity contribution in [2.75, 3.05) is 0 Å². The second-order valence-corrected chi connectivity index (χ2v) is 6.76. The van der Waals surface area contributed by atoms with Crippen LogP contribution < -0.4 is 0 Å². The van der Waals surface area contributed by atoms with Crippen molar-refractivity contribution in [3.8, 4) is 0 Å². The number of rotatable bonds is 2. The molecule has 1 aromatic heterocycles. The van der Waals surface area contributed by atoms with Crippen LogP contribution in [0.3, 0.4) is 0 Å². The van der Waals surface area contributed by atoms with Crippen LogP contribution in [-0.2, 0) is 0 Å². The van der Waals surface area contributed by atoms with Crippen LogP contribution in [0.5, 0.6) is 0 Å². The maximum absolute atomic E-state index is 6.31. The van der Waals surface area contributed by atoms with Crippen LogP contribution >= 0.6 is 11.6 Å². The van der Waals surface area contributed by atoms with Crippen LogP contribution in [0.2, 0.25) is 5.02 Å². The Morgan fingerprint density at radius 2 is 1.73 bits per heavy atom. The van der Waals surface area contributed by atoms with Gasteiger partial charge in [-0.25, -0.2) is 0 Å². The summed E-state index contributed by atoms with van der Waals surface area (Å²) in [4.78, 5) is 8.00. The zero-order valence-corrected chi connectivity index (χ0v) is 14.7. The van der Waals surface area contributed by atoms with E-state index in [2.05, 4.69) is 52.6 Å². The number of hydrogen-bond donors (Lipinski definition) is 1. The van der Waals surface area contributed by atoms with Gasteiger partial charge >= 0.3 is 0 Å². The predicted octanol–water partition coefficient (Wildman–Crippen LogP) is 6.50. The fraction of sp³-hybridized carbons (Fsp3) is 0. The van der Waals surface area contributed by atoms with E-state index in [1.165, 1.54) is 5.39 Å². The van der Waals surface area contributed by atoms with Gasteiger partial charge in [-0.3, -0.25) is 4.99 Å². The van der Waals surface area contributed by atoms with Crippen LogP contribution in [0, 0.1) is 0 Å². The molecule has 26 heavy (non-hydrogen) atoms. The number of halogens is 1. The molecule has 0 spiro atoms. The Labute approximate surface area is 156 Å². The van der Waals surface area contributed by atoms with Gasteiger partial charge < -0.3 is 4.98 Å². The summed E-state index contributed by atoms with van der Waals surface area (Å²) < 4.78 is 0. The molecule has 0 saturated heterocycles. The Morgan fingerprint density at radius 3 is 2.65 bits per heavy atom. The third kappa shape index (κ3) is 2.39. The van der Waals surface area contributed by atoms with Gasteiger partial charge in [0.05, 0.1) is 5.69 Å². The minimum absolute atomic E-state index is 0.726. The summed E-state index contributed by atoms with van der Waals surface area (Å²) in [6.45, 7) is 0. The number of aromatic amines is 1. The molecule has 0 amide bonds. The lowest BCUT2D eigenvalue weighted by Gasteiger charge is -2.12. The first-order chi connectivity index (χ1) is 12.8. The van der Waals surface area contributed by atoms with Gasteiger partial charge in [0.25, 0.3) is 0 Å². The van der Waals surface area contributed by atoms with Gasteiger partial charge in [0, 0.05) is 50.6 Å². The second-order valence-electron chi connectivity index (χ2n) is 6.32. The van der Waals surface area contributed by atoms with E-state index >= 15 is 0 Å². The average Bonchev–Trinajstić information content (AvgIpc) is 3.28. The topological polar surface area (TPSA) is 28.1 Å². The van der Waals surface area contributed by atoms with Crippen molar-refractivity contribution in [1.82, 2.24) is 4.98 Å². The molecule has 5 rings (SSSR count). The number of allylic oxidation sites excluding steroid dienone is 1. The predicted molar refractivity (Wildman–Crippen MR) is 110 cm³/mol. The number of benzene rings is 3. The molecule has 4 aromatic rings. The number of para-hydroxylation sites is 2. The van der Waals surface area contributed by atoms with E-state index in [-0.39, 0.29) is 0 Å². The van der Waals surface area contributed by atoms with Crippen molar-refractivity contribution in [3.63, 3.8) is 0 Å². The molecule has 1 aliphatic rings. The molecule has 0 saturated carbocycles. The molecular weight excluding hydrogens is 340 g/mol. The lowest BCUT2D eigenvalue weighted by Crippen LogP contribution is -1.93. The Hall–Kier alpha value is -3.10. The van der Waals surface area contributed by atoms with E-state index in [1.54, 1.807) is 0 Å². The molecular formula is C23H15ClN2. The van der Waals surface area contributed by atoms with Gasteiger partial charge in [-0.2, -0.15) is 0 Å². The van der Waals surface area contributed by atoms with Crippen LogP contribution in [0.1, 0.15) is 16.7 Å². The fourth-order valence-electron chi connectivity index (χ4n) is 3.60. The Morgan fingerprint density at radius 1 is 0.885 bits per heavy atom. The van der Waals surface area contributed by atoms with E-state index in [0.717, 1.165) is 44.1 Å². The van der Waals surface area contributed by atoms with Crippen LogP contribution in [0.4, 0.5) is 5.69 Å². The normalized spacial score (nSPS) is 14.7. The molecule has 0 radical (unpaired) electrons. The van der Waals surface area contributed by atoms with Crippen molar-refractivity contribution < 1.29 is 0 Å². The Balaban J connectivity index is 1.86. The number of H-pyrrole nitrogens is 1. The number of aromatic nitrogens is 1.